The first-order valence-electron chi connectivity index (χ1n) is 14.9. The molecule has 250 valence electrons. The van der Waals surface area contributed by atoms with Gasteiger partial charge in [0.15, 0.2) is 9.84 Å². The van der Waals surface area contributed by atoms with Gasteiger partial charge < -0.3 is 34.7 Å². The maximum absolute atomic E-state index is 13.7. The lowest BCUT2D eigenvalue weighted by Crippen LogP contribution is -2.42. The molecule has 1 saturated heterocycles. The SMILES string of the molecule is CC[C@H](COC(=O)O)CN1CCC(Nc2cccc3c2cc(C#CCNc2ccc(S(C)(=O)=O)cc2OC)n3CC(F)(F)F)CC1. The smallest absolute Gasteiger partial charge is 0.495 e. The number of likely N-dealkylation sites (tertiary alicyclic amines) is 1. The Hall–Kier alpha value is -4.09. The molecule has 3 aromatic rings. The molecular formula is C32H39F3N4O6S. The lowest BCUT2D eigenvalue weighted by atomic mass is 10.0. The summed E-state index contributed by atoms with van der Waals surface area (Å²) in [5.41, 5.74) is 1.86. The van der Waals surface area contributed by atoms with E-state index in [0.29, 0.717) is 22.3 Å². The zero-order chi connectivity index (χ0) is 33.5. The lowest BCUT2D eigenvalue weighted by molar-refractivity contribution is -0.140. The number of anilines is 2. The monoisotopic (exact) mass is 664 g/mol. The average Bonchev–Trinajstić information content (AvgIpc) is 3.34. The highest BCUT2D eigenvalue weighted by atomic mass is 32.2. The number of ether oxygens (including phenoxy) is 2. The molecule has 0 radical (unpaired) electrons. The Morgan fingerprint density at radius 1 is 1.15 bits per heavy atom. The van der Waals surface area contributed by atoms with Gasteiger partial charge in [0.2, 0.25) is 0 Å². The molecule has 0 unspecified atom stereocenters. The molecule has 1 atom stereocenters. The Morgan fingerprint density at radius 3 is 2.52 bits per heavy atom. The Bertz CT molecular complexity index is 1690. The number of rotatable bonds is 12. The minimum Gasteiger partial charge on any atom is -0.495 e. The number of benzene rings is 2. The summed E-state index contributed by atoms with van der Waals surface area (Å²) in [5.74, 6) is 6.17. The Balaban J connectivity index is 1.48. The minimum atomic E-state index is -4.46. The van der Waals surface area contributed by atoms with Gasteiger partial charge in [0, 0.05) is 55.0 Å². The summed E-state index contributed by atoms with van der Waals surface area (Å²) in [6.07, 6.45) is -2.19. The number of carbonyl (C=O) groups is 1. The van der Waals surface area contributed by atoms with E-state index in [0.717, 1.165) is 50.8 Å². The molecule has 0 bridgehead atoms. The number of alkyl halides is 3. The van der Waals surface area contributed by atoms with Gasteiger partial charge in [-0.05, 0) is 55.5 Å². The van der Waals surface area contributed by atoms with E-state index >= 15 is 0 Å². The van der Waals surface area contributed by atoms with Gasteiger partial charge in [0.1, 0.15) is 12.3 Å². The fraction of sp³-hybridized carbons (Fsp3) is 0.469. The molecule has 2 heterocycles. The number of fused-ring (bicyclic) bond motifs is 1. The maximum Gasteiger partial charge on any atom is 0.505 e. The van der Waals surface area contributed by atoms with Gasteiger partial charge in [-0.2, -0.15) is 13.2 Å². The average molecular weight is 665 g/mol. The van der Waals surface area contributed by atoms with Gasteiger partial charge in [-0.3, -0.25) is 0 Å². The molecule has 10 nitrogen and oxygen atoms in total. The van der Waals surface area contributed by atoms with Crippen LogP contribution >= 0.6 is 0 Å². The minimum absolute atomic E-state index is 0.0765. The van der Waals surface area contributed by atoms with E-state index in [1.54, 1.807) is 24.3 Å². The van der Waals surface area contributed by atoms with Crippen LogP contribution in [0.2, 0.25) is 0 Å². The van der Waals surface area contributed by atoms with Crippen LogP contribution < -0.4 is 15.4 Å². The summed E-state index contributed by atoms with van der Waals surface area (Å²) in [6.45, 7) is 3.39. The molecule has 46 heavy (non-hydrogen) atoms. The van der Waals surface area contributed by atoms with E-state index in [9.17, 15) is 26.4 Å². The van der Waals surface area contributed by atoms with Crippen LogP contribution in [0.15, 0.2) is 47.4 Å². The Labute approximate surface area is 266 Å². The topological polar surface area (TPSA) is 122 Å². The quantitative estimate of drug-likeness (QED) is 0.166. The van der Waals surface area contributed by atoms with Crippen LogP contribution in [0.5, 0.6) is 5.75 Å². The molecule has 1 aliphatic rings. The van der Waals surface area contributed by atoms with Gasteiger partial charge in [-0.15, -0.1) is 0 Å². The summed E-state index contributed by atoms with van der Waals surface area (Å²) in [6, 6.07) is 11.4. The number of nitrogens with zero attached hydrogens (tertiary/aromatic N) is 2. The second kappa shape index (κ2) is 15.0. The highest BCUT2D eigenvalue weighted by Gasteiger charge is 2.30. The number of hydrogen-bond donors (Lipinski definition) is 3. The van der Waals surface area contributed by atoms with Crippen LogP contribution in [0.3, 0.4) is 0 Å². The molecule has 0 amide bonds. The fourth-order valence-electron chi connectivity index (χ4n) is 5.52. The van der Waals surface area contributed by atoms with Crippen molar-refractivity contribution in [2.75, 3.05) is 56.8 Å². The van der Waals surface area contributed by atoms with E-state index in [-0.39, 0.29) is 35.7 Å². The Kier molecular flexibility index (Phi) is 11.3. The molecule has 0 spiro atoms. The van der Waals surface area contributed by atoms with Gasteiger partial charge in [0.05, 0.1) is 42.1 Å². The molecule has 0 saturated carbocycles. The number of sulfone groups is 1. The van der Waals surface area contributed by atoms with Gasteiger partial charge in [-0.1, -0.05) is 18.9 Å². The van der Waals surface area contributed by atoms with Crippen molar-refractivity contribution >= 4 is 38.3 Å². The predicted molar refractivity (Wildman–Crippen MR) is 170 cm³/mol. The highest BCUT2D eigenvalue weighted by molar-refractivity contribution is 7.90. The molecule has 1 fully saturated rings. The van der Waals surface area contributed by atoms with E-state index in [1.807, 2.05) is 13.0 Å². The first-order valence-corrected chi connectivity index (χ1v) is 16.8. The third kappa shape index (κ3) is 9.46. The van der Waals surface area contributed by atoms with Crippen molar-refractivity contribution in [3.8, 4) is 17.6 Å². The number of methoxy groups -OCH3 is 1. The highest BCUT2D eigenvalue weighted by Crippen LogP contribution is 2.32. The molecule has 0 aliphatic carbocycles. The number of hydrogen-bond acceptors (Lipinski definition) is 8. The van der Waals surface area contributed by atoms with Crippen molar-refractivity contribution in [3.63, 3.8) is 0 Å². The number of carboxylic acid groups (broad SMARTS) is 1. The third-order valence-electron chi connectivity index (χ3n) is 7.95. The number of halogens is 3. The summed E-state index contributed by atoms with van der Waals surface area (Å²) < 4.78 is 75.9. The van der Waals surface area contributed by atoms with Crippen LogP contribution in [0.25, 0.3) is 10.9 Å². The second-order valence-electron chi connectivity index (χ2n) is 11.3. The molecular weight excluding hydrogens is 625 g/mol. The summed E-state index contributed by atoms with van der Waals surface area (Å²) in [5, 5.41) is 16.0. The van der Waals surface area contributed by atoms with Crippen LogP contribution in [-0.4, -0.2) is 87.5 Å². The largest absolute Gasteiger partial charge is 0.505 e. The van der Waals surface area contributed by atoms with Crippen LogP contribution in [0.1, 0.15) is 31.9 Å². The van der Waals surface area contributed by atoms with Crippen molar-refractivity contribution < 1.29 is 41.0 Å². The summed E-state index contributed by atoms with van der Waals surface area (Å²) >= 11 is 0. The normalized spacial score (nSPS) is 15.2. The van der Waals surface area contributed by atoms with Crippen molar-refractivity contribution in [2.24, 2.45) is 5.92 Å². The summed E-state index contributed by atoms with van der Waals surface area (Å²) in [4.78, 5) is 13.1. The first-order chi connectivity index (χ1) is 21.8. The number of aromatic nitrogens is 1. The van der Waals surface area contributed by atoms with E-state index in [2.05, 4.69) is 27.4 Å². The van der Waals surface area contributed by atoms with Gasteiger partial charge in [0.25, 0.3) is 0 Å². The second-order valence-corrected chi connectivity index (χ2v) is 13.3. The third-order valence-corrected chi connectivity index (χ3v) is 9.06. The Morgan fingerprint density at radius 2 is 1.89 bits per heavy atom. The number of piperidine rings is 1. The van der Waals surface area contributed by atoms with Crippen molar-refractivity contribution in [3.05, 3.63) is 48.2 Å². The predicted octanol–water partition coefficient (Wildman–Crippen LogP) is 5.68. The molecule has 14 heteroatoms. The molecule has 3 N–H and O–H groups in total. The van der Waals surface area contributed by atoms with E-state index in [4.69, 9.17) is 14.6 Å². The van der Waals surface area contributed by atoms with E-state index in [1.165, 1.54) is 23.8 Å². The summed E-state index contributed by atoms with van der Waals surface area (Å²) in [7, 11) is -2.02. The zero-order valence-corrected chi connectivity index (χ0v) is 26.8. The standard InChI is InChI=1S/C32H39F3N4O6S/c1-4-22(20-45-31(40)41)19-38-15-12-23(13-16-38)37-27-8-5-9-29-26(27)17-24(39(29)21-32(33,34)35)7-6-14-36-28-11-10-25(46(3,42)43)18-30(28)44-2/h5,8-11,17-18,22-23,36-37H,4,12-16,19-21H2,1-3H3,(H,40,41)/t22-/m0/s1. The van der Waals surface area contributed by atoms with Gasteiger partial charge >= 0.3 is 12.3 Å². The van der Waals surface area contributed by atoms with Gasteiger partial charge in [-0.25, -0.2) is 13.2 Å². The van der Waals surface area contributed by atoms with E-state index < -0.39 is 28.7 Å². The molecule has 2 aromatic carbocycles. The van der Waals surface area contributed by atoms with Crippen molar-refractivity contribution in [1.29, 1.82) is 0 Å². The fourth-order valence-corrected chi connectivity index (χ4v) is 6.16. The zero-order valence-electron chi connectivity index (χ0n) is 26.0. The molecule has 1 aromatic heterocycles. The van der Waals surface area contributed by atoms with Crippen LogP contribution in [-0.2, 0) is 21.1 Å². The molecule has 1 aliphatic heterocycles. The number of nitrogens with one attached hydrogen (secondary N) is 2. The van der Waals surface area contributed by atoms with Crippen molar-refractivity contribution in [2.45, 2.75) is 49.8 Å². The maximum atomic E-state index is 13.7. The van der Waals surface area contributed by atoms with Crippen LogP contribution in [0, 0.1) is 17.8 Å². The lowest BCUT2D eigenvalue weighted by Gasteiger charge is -2.34. The molecule has 4 rings (SSSR count). The van der Waals surface area contributed by atoms with Crippen molar-refractivity contribution in [1.82, 2.24) is 9.47 Å². The van der Waals surface area contributed by atoms with Crippen LogP contribution in [0.4, 0.5) is 29.3 Å². The first kappa shape index (κ1) is 34.8.